The van der Waals surface area contributed by atoms with Gasteiger partial charge in [-0.2, -0.15) is 6.08 Å². The first-order valence-corrected chi connectivity index (χ1v) is 22.9. The number of benzene rings is 4. The molecule has 6 heteroatoms. The number of hydrogen-bond acceptors (Lipinski definition) is 0. The van der Waals surface area contributed by atoms with Gasteiger partial charge in [-0.25, -0.2) is 12.2 Å². The first-order chi connectivity index (χ1) is 26.6. The first kappa shape index (κ1) is 59.2. The van der Waals surface area contributed by atoms with Crippen molar-refractivity contribution in [2.24, 2.45) is 5.41 Å². The Labute approximate surface area is 424 Å². The van der Waals surface area contributed by atoms with Crippen molar-refractivity contribution in [1.82, 2.24) is 0 Å². The van der Waals surface area contributed by atoms with Crippen LogP contribution < -0.4 is 0 Å². The number of fused-ring (bicyclic) bond motifs is 6. The molecular weight excluding hydrogens is 985 g/mol. The molecule has 0 heterocycles. The third-order valence-corrected chi connectivity index (χ3v) is 10.2. The zero-order valence-electron chi connectivity index (χ0n) is 39.0. The van der Waals surface area contributed by atoms with Gasteiger partial charge in [0.15, 0.2) is 0 Å². The number of rotatable bonds is 1. The van der Waals surface area contributed by atoms with E-state index in [1.165, 1.54) is 77.3 Å². The molecule has 0 saturated heterocycles. The minimum Gasteiger partial charge on any atom is -0.273 e. The third-order valence-electron chi connectivity index (χ3n) is 10.2. The summed E-state index contributed by atoms with van der Waals surface area (Å²) in [5.41, 5.74) is 9.22. The quantitative estimate of drug-likeness (QED) is 0.144. The molecule has 0 atom stereocenters. The van der Waals surface area contributed by atoms with Crippen LogP contribution in [0.15, 0.2) is 126 Å². The van der Waals surface area contributed by atoms with Gasteiger partial charge in [-0.1, -0.05) is 162 Å². The molecule has 2 aliphatic carbocycles. The number of allylic oxidation sites excluding steroid dienone is 8. The van der Waals surface area contributed by atoms with Gasteiger partial charge in [0.05, 0.1) is 0 Å². The van der Waals surface area contributed by atoms with Crippen LogP contribution in [0.4, 0.5) is 0 Å². The molecule has 326 valence electrons. The van der Waals surface area contributed by atoms with E-state index in [1.807, 2.05) is 12.2 Å². The van der Waals surface area contributed by atoms with E-state index in [4.69, 9.17) is 0 Å². The van der Waals surface area contributed by atoms with E-state index in [9.17, 15) is 0 Å². The molecule has 0 N–H and O–H groups in total. The van der Waals surface area contributed by atoms with Crippen LogP contribution in [0.1, 0.15) is 126 Å². The van der Waals surface area contributed by atoms with Gasteiger partial charge in [-0.05, 0) is 29.6 Å². The maximum absolute atomic E-state index is 2.99. The van der Waals surface area contributed by atoms with Crippen molar-refractivity contribution in [1.29, 1.82) is 0 Å². The van der Waals surface area contributed by atoms with Crippen LogP contribution in [0.5, 0.6) is 0 Å². The zero-order chi connectivity index (χ0) is 42.3. The zero-order valence-corrected chi connectivity index (χ0v) is 47.2. The predicted molar refractivity (Wildman–Crippen MR) is 280 cm³/mol. The molecule has 61 heavy (non-hydrogen) atoms. The fourth-order valence-corrected chi connectivity index (χ4v) is 7.01. The minimum atomic E-state index is 0. The predicted octanol–water partition coefficient (Wildman–Crippen LogP) is 17.7. The van der Waals surface area contributed by atoms with Crippen molar-refractivity contribution in [2.75, 3.05) is 0 Å². The standard InChI is InChI=1S/C31H39.C13H9.C5H5.2C3H6.4ClH.2Zr/c1-19-13-22(30(5,6)7)16-24(19)27-17-23(31(8,9)10)18-28-25-15-21(29(2,3)4)12-11-20(25)14-26(27)28;1-3-7-12-10(5-1)9-11-6-2-4-8-13(11)12;1-2-4-5-3-1;2*1-3-2;;;;;;/h11-15,17-18H,16H2,1-10H3;1-9H;1-3H,4H2;2*1-2H3;4*1H;;/q3*-1;;;;;;;;+2. The molecule has 0 unspecified atom stereocenters. The number of hydrogen-bond donors (Lipinski definition) is 0. The van der Waals surface area contributed by atoms with Crippen LogP contribution in [0.3, 0.4) is 0 Å². The van der Waals surface area contributed by atoms with Crippen LogP contribution in [-0.2, 0) is 59.3 Å². The maximum atomic E-state index is 2.99. The first-order valence-electron chi connectivity index (χ1n) is 20.5. The summed E-state index contributed by atoms with van der Waals surface area (Å²) in [6, 6.07) is 33.7. The maximum Gasteiger partial charge on any atom is -0.0771 e. The SMILES string of the molecule is CC1=C(c2cc(C(C)(C)C)cc3c2[cH-]c2ccc(C(C)(C)C)cc23)CC(C(C)(C)C)=C1.C[C](C)=[Zr+2].C[C](C)=[Zr].Cl.Cl.Cl.Cl.[C-]1=CC=CC1.c1ccc2c(c1)[cH-]c1ccccc12. The molecule has 6 aromatic carbocycles. The molecule has 0 saturated carbocycles. The Morgan fingerprint density at radius 1 is 0.623 bits per heavy atom. The van der Waals surface area contributed by atoms with E-state index in [1.54, 1.807) is 54.0 Å². The van der Waals surface area contributed by atoms with Crippen molar-refractivity contribution >= 4 is 105 Å². The normalized spacial score (nSPS) is 12.8. The third kappa shape index (κ3) is 17.0. The van der Waals surface area contributed by atoms with Gasteiger partial charge in [0.2, 0.25) is 0 Å². The van der Waals surface area contributed by atoms with Crippen LogP contribution in [0.25, 0.3) is 48.7 Å². The van der Waals surface area contributed by atoms with Crippen molar-refractivity contribution < 1.29 is 48.5 Å². The van der Waals surface area contributed by atoms with E-state index >= 15 is 0 Å². The monoisotopic (exact) mass is 1050 g/mol. The smallest absolute Gasteiger partial charge is 0.0771 e. The Morgan fingerprint density at radius 2 is 1.10 bits per heavy atom. The van der Waals surface area contributed by atoms with Gasteiger partial charge in [-0.3, -0.25) is 6.08 Å². The Bertz CT molecular complexity index is 2420. The second kappa shape index (κ2) is 25.7. The molecule has 0 nitrogen and oxygen atoms in total. The van der Waals surface area contributed by atoms with Crippen molar-refractivity contribution in [3.05, 3.63) is 149 Å². The summed E-state index contributed by atoms with van der Waals surface area (Å²) in [4.78, 5) is 0. The fourth-order valence-electron chi connectivity index (χ4n) is 7.01. The summed E-state index contributed by atoms with van der Waals surface area (Å²) < 4.78 is 3.01. The Morgan fingerprint density at radius 3 is 1.51 bits per heavy atom. The van der Waals surface area contributed by atoms with Crippen LogP contribution in [0, 0.1) is 11.5 Å². The molecule has 0 spiro atoms. The van der Waals surface area contributed by atoms with Gasteiger partial charge >= 0.3 is 82.6 Å². The second-order valence-corrected chi connectivity index (χ2v) is 23.9. The molecule has 0 bridgehead atoms. The molecule has 0 aliphatic heterocycles. The summed E-state index contributed by atoms with van der Waals surface area (Å²) in [6.45, 7) is 31.7. The van der Waals surface area contributed by atoms with Crippen LogP contribution in [0.2, 0.25) is 0 Å². The van der Waals surface area contributed by atoms with Crippen LogP contribution >= 0.6 is 49.6 Å². The minimum absolute atomic E-state index is 0. The largest absolute Gasteiger partial charge is 0.273 e. The van der Waals surface area contributed by atoms with E-state index in [2.05, 4.69) is 206 Å². The van der Waals surface area contributed by atoms with Gasteiger partial charge in [-0.15, -0.1) is 129 Å². The summed E-state index contributed by atoms with van der Waals surface area (Å²) in [5.74, 6) is 0. The molecule has 0 fully saturated rings. The molecule has 0 amide bonds. The number of halogens is 4. The van der Waals surface area contributed by atoms with E-state index in [0.717, 1.165) is 12.8 Å². The van der Waals surface area contributed by atoms with Gasteiger partial charge in [0.1, 0.15) is 0 Å². The second-order valence-electron chi connectivity index (χ2n) is 19.0. The molecule has 0 radical (unpaired) electrons. The van der Waals surface area contributed by atoms with Crippen molar-refractivity contribution in [2.45, 2.75) is 121 Å². The topological polar surface area (TPSA) is 0 Å². The summed E-state index contributed by atoms with van der Waals surface area (Å²) in [6.07, 6.45) is 13.5. The average molecular weight is 1050 g/mol. The van der Waals surface area contributed by atoms with Crippen molar-refractivity contribution in [3.8, 4) is 0 Å². The van der Waals surface area contributed by atoms with E-state index in [0.29, 0.717) is 0 Å². The summed E-state index contributed by atoms with van der Waals surface area (Å²) >= 11 is 3.11. The van der Waals surface area contributed by atoms with E-state index < -0.39 is 0 Å². The van der Waals surface area contributed by atoms with E-state index in [-0.39, 0.29) is 65.9 Å². The van der Waals surface area contributed by atoms with Gasteiger partial charge in [0.25, 0.3) is 0 Å². The summed E-state index contributed by atoms with van der Waals surface area (Å²) in [5, 5.41) is 11.0. The fraction of sp³-hybridized carbons (Fsp3) is 0.345. The van der Waals surface area contributed by atoms with Crippen LogP contribution in [-0.4, -0.2) is 6.41 Å². The Balaban J connectivity index is 0.000000984. The Kier molecular flexibility index (Phi) is 24.9. The van der Waals surface area contributed by atoms with Gasteiger partial charge < -0.3 is 0 Å². The molecule has 8 rings (SSSR count). The molecule has 0 aromatic heterocycles. The summed E-state index contributed by atoms with van der Waals surface area (Å²) in [7, 11) is 0. The van der Waals surface area contributed by atoms with Crippen molar-refractivity contribution in [3.63, 3.8) is 0 Å². The average Bonchev–Trinajstić information content (AvgIpc) is 3.93. The van der Waals surface area contributed by atoms with Gasteiger partial charge in [0, 0.05) is 0 Å². The molecular formula is C55H69Cl4Zr2-. The Hall–Kier alpha value is -1.75. The molecule has 2 aliphatic rings. The molecule has 6 aromatic rings.